The lowest BCUT2D eigenvalue weighted by Gasteiger charge is -2.05. The van der Waals surface area contributed by atoms with Gasteiger partial charge in [-0.1, -0.05) is 0 Å². The quantitative estimate of drug-likeness (QED) is 0.730. The number of rotatable bonds is 3. The summed E-state index contributed by atoms with van der Waals surface area (Å²) in [6.07, 6.45) is 5.19. The summed E-state index contributed by atoms with van der Waals surface area (Å²) in [4.78, 5) is 14.7. The normalized spacial score (nSPS) is 12.7. The van der Waals surface area contributed by atoms with Gasteiger partial charge in [-0.3, -0.25) is 4.98 Å². The number of hydrogen-bond donors (Lipinski definition) is 2. The van der Waals surface area contributed by atoms with Gasteiger partial charge in [-0.25, -0.2) is 9.31 Å². The van der Waals surface area contributed by atoms with E-state index in [1.165, 1.54) is 18.3 Å². The SMILES string of the molecule is O=C(O)c1ccc(C(O)c2cnn3ccncc23)o1. The molecule has 0 aromatic carbocycles. The third-order valence-corrected chi connectivity index (χ3v) is 2.76. The molecule has 0 radical (unpaired) electrons. The Kier molecular flexibility index (Phi) is 2.53. The minimum absolute atomic E-state index is 0.149. The molecule has 7 nitrogen and oxygen atoms in total. The van der Waals surface area contributed by atoms with Crippen LogP contribution in [0.15, 0.2) is 41.3 Å². The lowest BCUT2D eigenvalue weighted by Crippen LogP contribution is -1.98. The minimum atomic E-state index is -1.18. The van der Waals surface area contributed by atoms with Gasteiger partial charge in [0, 0.05) is 18.0 Å². The fraction of sp³-hybridized carbons (Fsp3) is 0.0833. The number of carbonyl (C=O) groups is 1. The highest BCUT2D eigenvalue weighted by molar-refractivity contribution is 5.84. The molecule has 0 bridgehead atoms. The monoisotopic (exact) mass is 259 g/mol. The van der Waals surface area contributed by atoms with E-state index in [1.54, 1.807) is 23.1 Å². The lowest BCUT2D eigenvalue weighted by atomic mass is 10.1. The van der Waals surface area contributed by atoms with Gasteiger partial charge in [0.2, 0.25) is 5.76 Å². The molecular formula is C12H9N3O4. The first-order valence-electron chi connectivity index (χ1n) is 5.45. The Morgan fingerprint density at radius 2 is 2.21 bits per heavy atom. The van der Waals surface area contributed by atoms with Crippen LogP contribution >= 0.6 is 0 Å². The molecule has 3 aromatic heterocycles. The van der Waals surface area contributed by atoms with Crippen LogP contribution in [0, 0.1) is 0 Å². The van der Waals surface area contributed by atoms with E-state index in [0.29, 0.717) is 11.1 Å². The second-order valence-electron chi connectivity index (χ2n) is 3.92. The van der Waals surface area contributed by atoms with Gasteiger partial charge in [0.25, 0.3) is 0 Å². The van der Waals surface area contributed by atoms with Crippen LogP contribution < -0.4 is 0 Å². The zero-order valence-electron chi connectivity index (χ0n) is 9.59. The summed E-state index contributed by atoms with van der Waals surface area (Å²) in [6, 6.07) is 2.72. The average Bonchev–Trinajstić information content (AvgIpc) is 3.05. The van der Waals surface area contributed by atoms with Crippen LogP contribution in [0.4, 0.5) is 0 Å². The van der Waals surface area contributed by atoms with Crippen LogP contribution in [-0.2, 0) is 0 Å². The van der Waals surface area contributed by atoms with E-state index in [2.05, 4.69) is 10.1 Å². The van der Waals surface area contributed by atoms with Gasteiger partial charge < -0.3 is 14.6 Å². The number of hydrogen-bond acceptors (Lipinski definition) is 5. The molecular weight excluding hydrogens is 250 g/mol. The van der Waals surface area contributed by atoms with Gasteiger partial charge >= 0.3 is 5.97 Å². The standard InChI is InChI=1S/C12H9N3O4/c16-11(9-1-2-10(19-9)12(17)18)7-5-14-15-4-3-13-6-8(7)15/h1-6,11,16H,(H,17,18). The van der Waals surface area contributed by atoms with Crippen molar-refractivity contribution in [3.8, 4) is 0 Å². The second-order valence-corrected chi connectivity index (χ2v) is 3.92. The Labute approximate surface area is 106 Å². The van der Waals surface area contributed by atoms with Crippen molar-refractivity contribution in [1.29, 1.82) is 0 Å². The van der Waals surface area contributed by atoms with E-state index in [0.717, 1.165) is 0 Å². The highest BCUT2D eigenvalue weighted by Crippen LogP contribution is 2.26. The highest BCUT2D eigenvalue weighted by atomic mass is 16.4. The van der Waals surface area contributed by atoms with Gasteiger partial charge in [-0.05, 0) is 12.1 Å². The van der Waals surface area contributed by atoms with Crippen molar-refractivity contribution < 1.29 is 19.4 Å². The highest BCUT2D eigenvalue weighted by Gasteiger charge is 2.20. The molecule has 0 fully saturated rings. The Morgan fingerprint density at radius 1 is 1.37 bits per heavy atom. The Morgan fingerprint density at radius 3 is 2.95 bits per heavy atom. The molecule has 0 spiro atoms. The molecule has 2 N–H and O–H groups in total. The Balaban J connectivity index is 2.03. The predicted molar refractivity (Wildman–Crippen MR) is 62.7 cm³/mol. The molecule has 3 rings (SSSR count). The van der Waals surface area contributed by atoms with Gasteiger partial charge in [-0.15, -0.1) is 0 Å². The zero-order valence-corrected chi connectivity index (χ0v) is 9.59. The maximum Gasteiger partial charge on any atom is 0.371 e. The summed E-state index contributed by atoms with van der Waals surface area (Å²) >= 11 is 0. The fourth-order valence-corrected chi connectivity index (χ4v) is 1.83. The first kappa shape index (κ1) is 11.4. The topological polar surface area (TPSA) is 101 Å². The van der Waals surface area contributed by atoms with Crippen molar-refractivity contribution >= 4 is 11.5 Å². The van der Waals surface area contributed by atoms with Crippen molar-refractivity contribution in [2.45, 2.75) is 6.10 Å². The summed E-state index contributed by atoms with van der Waals surface area (Å²) in [7, 11) is 0. The van der Waals surface area contributed by atoms with Crippen LogP contribution in [0.2, 0.25) is 0 Å². The van der Waals surface area contributed by atoms with Crippen LogP contribution in [0.25, 0.3) is 5.52 Å². The first-order valence-corrected chi connectivity index (χ1v) is 5.45. The molecule has 1 atom stereocenters. The van der Waals surface area contributed by atoms with Crippen LogP contribution in [-0.4, -0.2) is 30.8 Å². The summed E-state index contributed by atoms with van der Waals surface area (Å²) < 4.78 is 6.63. The molecule has 3 aromatic rings. The van der Waals surface area contributed by atoms with Crippen molar-refractivity contribution in [1.82, 2.24) is 14.6 Å². The van der Waals surface area contributed by atoms with Crippen molar-refractivity contribution in [3.05, 3.63) is 54.0 Å². The van der Waals surface area contributed by atoms with E-state index in [4.69, 9.17) is 9.52 Å². The van der Waals surface area contributed by atoms with E-state index < -0.39 is 12.1 Å². The van der Waals surface area contributed by atoms with Gasteiger partial charge in [-0.2, -0.15) is 5.10 Å². The third kappa shape index (κ3) is 1.85. The van der Waals surface area contributed by atoms with E-state index in [-0.39, 0.29) is 11.5 Å². The van der Waals surface area contributed by atoms with Crippen molar-refractivity contribution in [2.24, 2.45) is 0 Å². The molecule has 3 heterocycles. The largest absolute Gasteiger partial charge is 0.475 e. The second kappa shape index (κ2) is 4.21. The Bertz CT molecular complexity index is 746. The maximum atomic E-state index is 10.7. The average molecular weight is 259 g/mol. The molecule has 0 saturated heterocycles. The molecule has 96 valence electrons. The summed E-state index contributed by atoms with van der Waals surface area (Å²) in [5, 5.41) is 23.1. The van der Waals surface area contributed by atoms with Crippen LogP contribution in [0.5, 0.6) is 0 Å². The van der Waals surface area contributed by atoms with E-state index in [1.807, 2.05) is 0 Å². The molecule has 0 aliphatic heterocycles. The molecule has 0 aliphatic rings. The smallest absolute Gasteiger partial charge is 0.371 e. The van der Waals surface area contributed by atoms with E-state index in [9.17, 15) is 9.90 Å². The molecule has 0 amide bonds. The minimum Gasteiger partial charge on any atom is -0.475 e. The maximum absolute atomic E-state index is 10.7. The fourth-order valence-electron chi connectivity index (χ4n) is 1.83. The van der Waals surface area contributed by atoms with Crippen LogP contribution in [0.1, 0.15) is 28.0 Å². The Hall–Kier alpha value is -2.67. The molecule has 19 heavy (non-hydrogen) atoms. The number of aliphatic hydroxyl groups excluding tert-OH is 1. The van der Waals surface area contributed by atoms with Gasteiger partial charge in [0.05, 0.1) is 17.9 Å². The number of aliphatic hydroxyl groups is 1. The van der Waals surface area contributed by atoms with Crippen LogP contribution in [0.3, 0.4) is 0 Å². The number of carboxylic acid groups (broad SMARTS) is 1. The zero-order chi connectivity index (χ0) is 13.4. The number of nitrogens with zero attached hydrogens (tertiary/aromatic N) is 3. The number of fused-ring (bicyclic) bond motifs is 1. The van der Waals surface area contributed by atoms with Crippen molar-refractivity contribution in [2.75, 3.05) is 0 Å². The number of aromatic nitrogens is 3. The lowest BCUT2D eigenvalue weighted by molar-refractivity contribution is 0.0655. The van der Waals surface area contributed by atoms with Gasteiger partial charge in [0.15, 0.2) is 0 Å². The predicted octanol–water partition coefficient (Wildman–Crippen LogP) is 1.10. The molecule has 0 aliphatic carbocycles. The summed E-state index contributed by atoms with van der Waals surface area (Å²) in [5.41, 5.74) is 1.13. The molecule has 1 unspecified atom stereocenters. The third-order valence-electron chi connectivity index (χ3n) is 2.76. The molecule has 7 heteroatoms. The first-order chi connectivity index (χ1) is 9.16. The van der Waals surface area contributed by atoms with E-state index >= 15 is 0 Å². The number of carboxylic acids is 1. The number of aromatic carboxylic acids is 1. The summed E-state index contributed by atoms with van der Waals surface area (Å²) in [6.45, 7) is 0. The molecule has 0 saturated carbocycles. The van der Waals surface area contributed by atoms with Gasteiger partial charge in [0.1, 0.15) is 11.9 Å². The number of furan rings is 1. The summed E-state index contributed by atoms with van der Waals surface area (Å²) in [5.74, 6) is -1.25. The van der Waals surface area contributed by atoms with Crippen molar-refractivity contribution in [3.63, 3.8) is 0 Å².